The Morgan fingerprint density at radius 1 is 1.33 bits per heavy atom. The van der Waals surface area contributed by atoms with Gasteiger partial charge in [0.2, 0.25) is 0 Å². The van der Waals surface area contributed by atoms with Crippen molar-refractivity contribution in [3.05, 3.63) is 0 Å². The van der Waals surface area contributed by atoms with E-state index in [9.17, 15) is 4.79 Å². The summed E-state index contributed by atoms with van der Waals surface area (Å²) in [4.78, 5) is 9.89. The zero-order chi connectivity index (χ0) is 10.4. The van der Waals surface area contributed by atoms with Crippen molar-refractivity contribution in [2.45, 2.75) is 59.9 Å². The van der Waals surface area contributed by atoms with Gasteiger partial charge in [0.05, 0.1) is 6.04 Å². The molecule has 0 bridgehead atoms. The maximum absolute atomic E-state index is 9.89. The van der Waals surface area contributed by atoms with E-state index in [-0.39, 0.29) is 7.47 Å². The topological polar surface area (TPSA) is 43.1 Å². The van der Waals surface area contributed by atoms with Gasteiger partial charge in [-0.2, -0.15) is 0 Å². The highest BCUT2D eigenvalue weighted by atomic mass is 16.1. The highest BCUT2D eigenvalue weighted by Gasteiger charge is 1.95. The molecular formula is C10H27NO. The lowest BCUT2D eigenvalue weighted by atomic mass is 10.1. The summed E-state index contributed by atoms with van der Waals surface area (Å²) in [5.41, 5.74) is 5.29. The van der Waals surface area contributed by atoms with Crippen LogP contribution in [0.4, 0.5) is 0 Å². The van der Waals surface area contributed by atoms with E-state index in [1.807, 2.05) is 27.7 Å². The molecule has 2 heteroatoms. The molecule has 0 unspecified atom stereocenters. The van der Waals surface area contributed by atoms with Gasteiger partial charge >= 0.3 is 0 Å². The third-order valence-electron chi connectivity index (χ3n) is 1.07. The molecule has 0 aliphatic rings. The van der Waals surface area contributed by atoms with E-state index < -0.39 is 0 Å². The molecule has 78 valence electrons. The first-order valence-electron chi connectivity index (χ1n) is 5.02. The van der Waals surface area contributed by atoms with E-state index >= 15 is 0 Å². The summed E-state index contributed by atoms with van der Waals surface area (Å²) in [5.74, 6) is 0. The highest BCUT2D eigenvalue weighted by Crippen LogP contribution is 1.94. The molecule has 0 aromatic rings. The molecule has 1 atom stereocenters. The fourth-order valence-corrected chi connectivity index (χ4v) is 0.508. The van der Waals surface area contributed by atoms with Gasteiger partial charge in [-0.05, 0) is 6.42 Å². The van der Waals surface area contributed by atoms with E-state index in [0.717, 1.165) is 25.5 Å². The second kappa shape index (κ2) is 22.4. The molecule has 12 heavy (non-hydrogen) atoms. The Bertz CT molecular complexity index is 69.9. The minimum atomic E-state index is -0.227. The Balaban J connectivity index is -0.0000000712. The molecule has 0 aromatic carbocycles. The van der Waals surface area contributed by atoms with Gasteiger partial charge in [-0.3, -0.25) is 0 Å². The van der Waals surface area contributed by atoms with Gasteiger partial charge in [0.25, 0.3) is 0 Å². The predicted molar refractivity (Wildman–Crippen MR) is 58.4 cm³/mol. The second-order valence-electron chi connectivity index (χ2n) is 1.94. The number of rotatable bonds is 4. The number of hydrogen-bond acceptors (Lipinski definition) is 2. The van der Waals surface area contributed by atoms with Gasteiger partial charge < -0.3 is 10.5 Å². The van der Waals surface area contributed by atoms with Crippen LogP contribution in [0.5, 0.6) is 0 Å². The van der Waals surface area contributed by atoms with Crippen molar-refractivity contribution in [2.24, 2.45) is 5.73 Å². The summed E-state index contributed by atoms with van der Waals surface area (Å²) in [6.07, 6.45) is 3.80. The molecule has 0 aliphatic carbocycles. The Morgan fingerprint density at radius 2 is 1.75 bits per heavy atom. The van der Waals surface area contributed by atoms with Crippen LogP contribution in [0, 0.1) is 0 Å². The summed E-state index contributed by atoms with van der Waals surface area (Å²) in [7, 11) is 0. The first kappa shape index (κ1) is 17.6. The molecular weight excluding hydrogens is 150 g/mol. The Kier molecular flexibility index (Phi) is 33.0. The number of unbranched alkanes of at least 4 members (excludes halogenated alkanes) is 1. The van der Waals surface area contributed by atoms with Crippen LogP contribution in [0.3, 0.4) is 0 Å². The molecule has 0 rings (SSSR count). The van der Waals surface area contributed by atoms with Gasteiger partial charge in [-0.1, -0.05) is 47.5 Å². The largest absolute Gasteiger partial charge is 0.322 e. The van der Waals surface area contributed by atoms with Crippen molar-refractivity contribution >= 4 is 6.29 Å². The molecule has 0 aliphatic heterocycles. The van der Waals surface area contributed by atoms with Crippen LogP contribution in [-0.4, -0.2) is 12.3 Å². The maximum Gasteiger partial charge on any atom is 0.136 e. The minimum absolute atomic E-state index is 0. The number of aldehydes is 1. The first-order valence-corrected chi connectivity index (χ1v) is 5.02. The third kappa shape index (κ3) is 22.6. The SMILES string of the molecule is CC.CC.CCCC[C@H](N)C=O.[HH]. The van der Waals surface area contributed by atoms with E-state index in [0.29, 0.717) is 0 Å². The molecule has 0 saturated heterocycles. The van der Waals surface area contributed by atoms with Gasteiger partial charge in [-0.15, -0.1) is 0 Å². The van der Waals surface area contributed by atoms with Crippen LogP contribution >= 0.6 is 0 Å². The van der Waals surface area contributed by atoms with Crippen LogP contribution in [0.1, 0.15) is 55.3 Å². The van der Waals surface area contributed by atoms with Crippen molar-refractivity contribution in [2.75, 3.05) is 0 Å². The Hall–Kier alpha value is -0.370. The molecule has 0 heterocycles. The average Bonchev–Trinajstić information content (AvgIpc) is 2.20. The van der Waals surface area contributed by atoms with Gasteiger partial charge in [-0.25, -0.2) is 0 Å². The molecule has 2 nitrogen and oxygen atoms in total. The molecule has 2 N–H and O–H groups in total. The van der Waals surface area contributed by atoms with Crippen molar-refractivity contribution in [3.63, 3.8) is 0 Å². The van der Waals surface area contributed by atoms with E-state index in [4.69, 9.17) is 5.73 Å². The lowest BCUT2D eigenvalue weighted by Gasteiger charge is -1.98. The Morgan fingerprint density at radius 3 is 2.00 bits per heavy atom. The Labute approximate surface area is 79.0 Å². The van der Waals surface area contributed by atoms with Crippen LogP contribution < -0.4 is 5.73 Å². The van der Waals surface area contributed by atoms with Crippen LogP contribution in [0.2, 0.25) is 0 Å². The zero-order valence-corrected chi connectivity index (χ0v) is 9.26. The van der Waals surface area contributed by atoms with Crippen LogP contribution in [0.25, 0.3) is 0 Å². The van der Waals surface area contributed by atoms with Crippen LogP contribution in [0.15, 0.2) is 0 Å². The van der Waals surface area contributed by atoms with Crippen molar-refractivity contribution in [3.8, 4) is 0 Å². The molecule has 0 spiro atoms. The summed E-state index contributed by atoms with van der Waals surface area (Å²) in [6, 6.07) is -0.227. The molecule has 0 radical (unpaired) electrons. The van der Waals surface area contributed by atoms with Gasteiger partial charge in [0, 0.05) is 1.43 Å². The number of carbonyl (C=O) groups excluding carboxylic acids is 1. The fraction of sp³-hybridized carbons (Fsp3) is 0.900. The van der Waals surface area contributed by atoms with Gasteiger partial charge in [0.1, 0.15) is 6.29 Å². The minimum Gasteiger partial charge on any atom is -0.322 e. The van der Waals surface area contributed by atoms with Crippen molar-refractivity contribution < 1.29 is 6.22 Å². The quantitative estimate of drug-likeness (QED) is 0.671. The molecule has 0 saturated carbocycles. The second-order valence-corrected chi connectivity index (χ2v) is 1.94. The van der Waals surface area contributed by atoms with Crippen molar-refractivity contribution in [1.82, 2.24) is 0 Å². The maximum atomic E-state index is 9.89. The van der Waals surface area contributed by atoms with E-state index in [2.05, 4.69) is 6.92 Å². The predicted octanol–water partition coefficient (Wildman–Crippen LogP) is 3.00. The van der Waals surface area contributed by atoms with E-state index in [1.54, 1.807) is 0 Å². The lowest BCUT2D eigenvalue weighted by molar-refractivity contribution is -0.109. The monoisotopic (exact) mass is 177 g/mol. The summed E-state index contributed by atoms with van der Waals surface area (Å²) < 4.78 is 0. The van der Waals surface area contributed by atoms with Crippen LogP contribution in [-0.2, 0) is 4.79 Å². The van der Waals surface area contributed by atoms with Gasteiger partial charge in [0.15, 0.2) is 0 Å². The number of nitrogens with two attached hydrogens (primary N) is 1. The smallest absolute Gasteiger partial charge is 0.136 e. The molecule has 0 amide bonds. The summed E-state index contributed by atoms with van der Waals surface area (Å²) >= 11 is 0. The summed E-state index contributed by atoms with van der Waals surface area (Å²) in [6.45, 7) is 10.1. The number of carbonyl (C=O) groups is 1. The average molecular weight is 177 g/mol. The molecule has 0 fully saturated rings. The standard InChI is InChI=1S/C6H13NO.2C2H6.H2/c1-2-3-4-6(7)5-8;2*1-2;/h5-6H,2-4,7H2,1H3;2*1-2H3;1H/t6-;;;/m0.../s1. The summed E-state index contributed by atoms with van der Waals surface area (Å²) in [5, 5.41) is 0. The zero-order valence-electron chi connectivity index (χ0n) is 9.26. The fourth-order valence-electron chi connectivity index (χ4n) is 0.508. The van der Waals surface area contributed by atoms with E-state index in [1.165, 1.54) is 0 Å². The lowest BCUT2D eigenvalue weighted by Crippen LogP contribution is -2.20. The first-order chi connectivity index (χ1) is 5.81. The number of hydrogen-bond donors (Lipinski definition) is 1. The normalized spacial score (nSPS) is 9.83. The molecule has 0 aromatic heterocycles. The van der Waals surface area contributed by atoms with Crippen molar-refractivity contribution in [1.29, 1.82) is 0 Å². The third-order valence-corrected chi connectivity index (χ3v) is 1.07. The highest BCUT2D eigenvalue weighted by molar-refractivity contribution is 5.56.